The Morgan fingerprint density at radius 2 is 1.81 bits per heavy atom. The number of ether oxygens (including phenoxy) is 2. The summed E-state index contributed by atoms with van der Waals surface area (Å²) in [5.74, 6) is -1.36. The Labute approximate surface area is 154 Å². The number of benzene rings is 1. The normalized spacial score (nSPS) is 20.4. The van der Waals surface area contributed by atoms with Crippen LogP contribution in [0.1, 0.15) is 46.6 Å². The number of nitrogens with zero attached hydrogens (tertiary/aromatic N) is 1. The number of likely N-dealkylation sites (tertiary alicyclic amines) is 1. The van der Waals surface area contributed by atoms with Crippen LogP contribution in [0.15, 0.2) is 30.3 Å². The molecule has 2 amide bonds. The predicted molar refractivity (Wildman–Crippen MR) is 96.1 cm³/mol. The maximum atomic E-state index is 12.7. The highest BCUT2D eigenvalue weighted by Crippen LogP contribution is 2.32. The Bertz CT molecular complexity index is 663. The Kier molecular flexibility index (Phi) is 6.05. The topological polar surface area (TPSA) is 72.9 Å². The van der Waals surface area contributed by atoms with E-state index in [1.165, 1.54) is 0 Å². The summed E-state index contributed by atoms with van der Waals surface area (Å²) in [5, 5.41) is 0. The molecule has 142 valence electrons. The van der Waals surface area contributed by atoms with Crippen LogP contribution in [0.5, 0.6) is 0 Å². The minimum Gasteiger partial charge on any atom is -0.459 e. The first-order valence-electron chi connectivity index (χ1n) is 8.86. The number of carbonyl (C=O) groups excluding carboxylic acids is 3. The summed E-state index contributed by atoms with van der Waals surface area (Å²) in [6.45, 7) is 9.04. The van der Waals surface area contributed by atoms with Gasteiger partial charge in [-0.15, -0.1) is 0 Å². The van der Waals surface area contributed by atoms with E-state index in [-0.39, 0.29) is 24.9 Å². The number of hydrogen-bond acceptors (Lipinski definition) is 5. The molecule has 1 aliphatic rings. The Hall–Kier alpha value is -2.37. The van der Waals surface area contributed by atoms with Crippen LogP contribution in [0.4, 0.5) is 4.79 Å². The third-order valence-corrected chi connectivity index (χ3v) is 4.23. The first-order chi connectivity index (χ1) is 12.1. The summed E-state index contributed by atoms with van der Waals surface area (Å²) in [6, 6.07) is 8.31. The summed E-state index contributed by atoms with van der Waals surface area (Å²) in [6.07, 6.45) is -0.545. The largest absolute Gasteiger partial charge is 0.459 e. The SMILES string of the molecule is CC(C)[C@@H]1CC(C(=O)OCc2ccccc2)N(C(=O)OC(C)(C)C)C1=O. The van der Waals surface area contributed by atoms with E-state index in [0.717, 1.165) is 10.5 Å². The second-order valence-electron chi connectivity index (χ2n) is 7.88. The molecule has 1 saturated heterocycles. The van der Waals surface area contributed by atoms with E-state index in [4.69, 9.17) is 9.47 Å². The van der Waals surface area contributed by atoms with Crippen molar-refractivity contribution < 1.29 is 23.9 Å². The Balaban J connectivity index is 2.15. The van der Waals surface area contributed by atoms with Gasteiger partial charge in [0.15, 0.2) is 0 Å². The van der Waals surface area contributed by atoms with Crippen LogP contribution < -0.4 is 0 Å². The molecule has 1 aromatic rings. The fourth-order valence-corrected chi connectivity index (χ4v) is 2.89. The van der Waals surface area contributed by atoms with Gasteiger partial charge in [-0.3, -0.25) is 4.79 Å². The van der Waals surface area contributed by atoms with Crippen molar-refractivity contribution in [2.24, 2.45) is 11.8 Å². The second kappa shape index (κ2) is 7.89. The molecule has 1 aromatic carbocycles. The van der Waals surface area contributed by atoms with E-state index in [0.29, 0.717) is 0 Å². The molecule has 2 atom stereocenters. The molecule has 1 unspecified atom stereocenters. The minimum atomic E-state index is -0.950. The summed E-state index contributed by atoms with van der Waals surface area (Å²) in [7, 11) is 0. The molecule has 0 radical (unpaired) electrons. The van der Waals surface area contributed by atoms with Gasteiger partial charge in [0.25, 0.3) is 0 Å². The van der Waals surface area contributed by atoms with Gasteiger partial charge in [-0.25, -0.2) is 14.5 Å². The molecular formula is C20H27NO5. The summed E-state index contributed by atoms with van der Waals surface area (Å²) >= 11 is 0. The highest BCUT2D eigenvalue weighted by atomic mass is 16.6. The molecular weight excluding hydrogens is 334 g/mol. The van der Waals surface area contributed by atoms with Crippen molar-refractivity contribution in [3.63, 3.8) is 0 Å². The van der Waals surface area contributed by atoms with E-state index >= 15 is 0 Å². The van der Waals surface area contributed by atoms with E-state index in [2.05, 4.69) is 0 Å². The van der Waals surface area contributed by atoms with Crippen LogP contribution >= 0.6 is 0 Å². The number of imide groups is 1. The van der Waals surface area contributed by atoms with E-state index in [9.17, 15) is 14.4 Å². The predicted octanol–water partition coefficient (Wildman–Crippen LogP) is 3.54. The van der Waals surface area contributed by atoms with Crippen molar-refractivity contribution in [3.05, 3.63) is 35.9 Å². The number of amides is 2. The monoisotopic (exact) mass is 361 g/mol. The summed E-state index contributed by atoms with van der Waals surface area (Å²) < 4.78 is 10.7. The van der Waals surface area contributed by atoms with E-state index < -0.39 is 29.6 Å². The number of rotatable bonds is 4. The highest BCUT2D eigenvalue weighted by molar-refractivity contribution is 6.00. The fourth-order valence-electron chi connectivity index (χ4n) is 2.89. The molecule has 6 nitrogen and oxygen atoms in total. The molecule has 1 aliphatic heterocycles. The standard InChI is InChI=1S/C20H27NO5/c1-13(2)15-11-16(18(23)25-12-14-9-7-6-8-10-14)21(17(15)22)19(24)26-20(3,4)5/h6-10,13,15-16H,11-12H2,1-5H3/t15-,16?/m0/s1. The van der Waals surface area contributed by atoms with Crippen molar-refractivity contribution >= 4 is 18.0 Å². The molecule has 0 saturated carbocycles. The molecule has 2 rings (SSSR count). The first kappa shape index (κ1) is 19.9. The van der Waals surface area contributed by atoms with Crippen LogP contribution in [-0.2, 0) is 25.7 Å². The Morgan fingerprint density at radius 1 is 1.19 bits per heavy atom. The molecule has 0 N–H and O–H groups in total. The number of hydrogen-bond donors (Lipinski definition) is 0. The molecule has 6 heteroatoms. The third kappa shape index (κ3) is 4.84. The minimum absolute atomic E-state index is 0.0133. The maximum Gasteiger partial charge on any atom is 0.417 e. The Morgan fingerprint density at radius 3 is 2.35 bits per heavy atom. The molecule has 0 spiro atoms. The smallest absolute Gasteiger partial charge is 0.417 e. The molecule has 0 aromatic heterocycles. The van der Waals surface area contributed by atoms with Crippen LogP contribution in [0.3, 0.4) is 0 Å². The summed E-state index contributed by atoms with van der Waals surface area (Å²) in [5.41, 5.74) is 0.0839. The lowest BCUT2D eigenvalue weighted by atomic mass is 9.93. The lowest BCUT2D eigenvalue weighted by molar-refractivity contribution is -0.152. The van der Waals surface area contributed by atoms with Crippen LogP contribution in [0.2, 0.25) is 0 Å². The molecule has 0 aliphatic carbocycles. The third-order valence-electron chi connectivity index (χ3n) is 4.23. The van der Waals surface area contributed by atoms with Crippen molar-refractivity contribution in [2.75, 3.05) is 0 Å². The van der Waals surface area contributed by atoms with Gasteiger partial charge in [0.1, 0.15) is 18.2 Å². The molecule has 1 fully saturated rings. The van der Waals surface area contributed by atoms with Gasteiger partial charge in [0.2, 0.25) is 5.91 Å². The van der Waals surface area contributed by atoms with Gasteiger partial charge >= 0.3 is 12.1 Å². The van der Waals surface area contributed by atoms with Gasteiger partial charge in [-0.2, -0.15) is 0 Å². The van der Waals surface area contributed by atoms with Crippen LogP contribution in [0, 0.1) is 11.8 Å². The quantitative estimate of drug-likeness (QED) is 0.767. The summed E-state index contributed by atoms with van der Waals surface area (Å²) in [4.78, 5) is 38.7. The fraction of sp³-hybridized carbons (Fsp3) is 0.550. The van der Waals surface area contributed by atoms with Gasteiger partial charge in [0, 0.05) is 5.92 Å². The lowest BCUT2D eigenvalue weighted by Gasteiger charge is -2.26. The maximum absolute atomic E-state index is 12.7. The number of carbonyl (C=O) groups is 3. The molecule has 1 heterocycles. The molecule has 26 heavy (non-hydrogen) atoms. The first-order valence-corrected chi connectivity index (χ1v) is 8.86. The van der Waals surface area contributed by atoms with Gasteiger partial charge in [-0.05, 0) is 38.7 Å². The average Bonchev–Trinajstić information content (AvgIpc) is 2.90. The van der Waals surface area contributed by atoms with Gasteiger partial charge < -0.3 is 9.47 Å². The van der Waals surface area contributed by atoms with Crippen molar-refractivity contribution in [3.8, 4) is 0 Å². The zero-order valence-corrected chi connectivity index (χ0v) is 16.0. The zero-order chi connectivity index (χ0) is 19.5. The van der Waals surface area contributed by atoms with Gasteiger partial charge in [0.05, 0.1) is 0 Å². The zero-order valence-electron chi connectivity index (χ0n) is 16.0. The highest BCUT2D eigenvalue weighted by Gasteiger charge is 2.49. The van der Waals surface area contributed by atoms with Crippen LogP contribution in [-0.4, -0.2) is 34.5 Å². The van der Waals surface area contributed by atoms with Gasteiger partial charge in [-0.1, -0.05) is 44.2 Å². The second-order valence-corrected chi connectivity index (χ2v) is 7.88. The van der Waals surface area contributed by atoms with Crippen LogP contribution in [0.25, 0.3) is 0 Å². The molecule has 0 bridgehead atoms. The van der Waals surface area contributed by atoms with Crippen molar-refractivity contribution in [1.29, 1.82) is 0 Å². The van der Waals surface area contributed by atoms with Crippen molar-refractivity contribution in [2.45, 2.75) is 59.3 Å². The van der Waals surface area contributed by atoms with Crippen molar-refractivity contribution in [1.82, 2.24) is 4.90 Å². The van der Waals surface area contributed by atoms with E-state index in [1.807, 2.05) is 44.2 Å². The average molecular weight is 361 g/mol. The lowest BCUT2D eigenvalue weighted by Crippen LogP contribution is -2.46. The number of esters is 1. The van der Waals surface area contributed by atoms with E-state index in [1.54, 1.807) is 20.8 Å².